The van der Waals surface area contributed by atoms with Gasteiger partial charge in [0.15, 0.2) is 0 Å². The summed E-state index contributed by atoms with van der Waals surface area (Å²) in [4.78, 5) is 0. The second-order valence-corrected chi connectivity index (χ2v) is 4.75. The minimum Gasteiger partial charge on any atom is -0.377 e. The van der Waals surface area contributed by atoms with Gasteiger partial charge in [0.25, 0.3) is 0 Å². The Morgan fingerprint density at radius 1 is 1.47 bits per heavy atom. The first kappa shape index (κ1) is 12.8. The Morgan fingerprint density at radius 2 is 2.29 bits per heavy atom. The van der Waals surface area contributed by atoms with E-state index < -0.39 is 0 Å². The van der Waals surface area contributed by atoms with Gasteiger partial charge in [0.1, 0.15) is 0 Å². The van der Waals surface area contributed by atoms with Gasteiger partial charge < -0.3 is 14.8 Å². The number of methoxy groups -OCH3 is 1. The first-order valence-electron chi connectivity index (χ1n) is 5.80. The van der Waals surface area contributed by atoms with Crippen molar-refractivity contribution in [1.82, 2.24) is 5.32 Å². The van der Waals surface area contributed by atoms with E-state index in [-0.39, 0.29) is 12.2 Å². The van der Waals surface area contributed by atoms with Crippen LogP contribution in [0.25, 0.3) is 0 Å². The van der Waals surface area contributed by atoms with Crippen LogP contribution in [-0.2, 0) is 16.1 Å². The van der Waals surface area contributed by atoms with Crippen molar-refractivity contribution < 1.29 is 9.47 Å². The van der Waals surface area contributed by atoms with E-state index in [0.717, 1.165) is 17.0 Å². The molecular formula is C13H18ClNO2. The molecule has 0 amide bonds. The lowest BCUT2D eigenvalue weighted by molar-refractivity contribution is -0.138. The van der Waals surface area contributed by atoms with Gasteiger partial charge in [-0.15, -0.1) is 0 Å². The average Bonchev–Trinajstić information content (AvgIpc) is 2.28. The monoisotopic (exact) mass is 255 g/mol. The maximum atomic E-state index is 5.92. The molecule has 4 heteroatoms. The number of halogens is 1. The average molecular weight is 256 g/mol. The summed E-state index contributed by atoms with van der Waals surface area (Å²) in [6, 6.07) is 8.15. The molecule has 1 N–H and O–H groups in total. The van der Waals surface area contributed by atoms with Gasteiger partial charge in [-0.3, -0.25) is 0 Å². The van der Waals surface area contributed by atoms with Crippen LogP contribution >= 0.6 is 11.6 Å². The zero-order chi connectivity index (χ0) is 12.3. The van der Waals surface area contributed by atoms with Gasteiger partial charge in [-0.25, -0.2) is 0 Å². The first-order chi connectivity index (χ1) is 8.24. The van der Waals surface area contributed by atoms with Crippen molar-refractivity contribution in [3.8, 4) is 0 Å². The largest absolute Gasteiger partial charge is 0.377 e. The fraction of sp³-hybridized carbons (Fsp3) is 0.538. The zero-order valence-electron chi connectivity index (χ0n) is 10.2. The second-order valence-electron chi connectivity index (χ2n) is 4.31. The van der Waals surface area contributed by atoms with Crippen molar-refractivity contribution in [1.29, 1.82) is 0 Å². The molecular weight excluding hydrogens is 238 g/mol. The van der Waals surface area contributed by atoms with E-state index in [2.05, 4.69) is 5.32 Å². The first-order valence-corrected chi connectivity index (χ1v) is 6.18. The van der Waals surface area contributed by atoms with E-state index in [4.69, 9.17) is 21.1 Å². The van der Waals surface area contributed by atoms with Crippen LogP contribution in [0.4, 0.5) is 0 Å². The van der Waals surface area contributed by atoms with Crippen LogP contribution in [-0.4, -0.2) is 32.4 Å². The maximum absolute atomic E-state index is 5.92. The van der Waals surface area contributed by atoms with Crippen molar-refractivity contribution in [2.75, 3.05) is 14.2 Å². The minimum atomic E-state index is 0.152. The maximum Gasteiger partial charge on any atom is 0.0986 e. The van der Waals surface area contributed by atoms with Crippen molar-refractivity contribution in [3.05, 3.63) is 34.9 Å². The van der Waals surface area contributed by atoms with Crippen LogP contribution in [0.15, 0.2) is 24.3 Å². The van der Waals surface area contributed by atoms with Crippen LogP contribution in [0, 0.1) is 0 Å². The van der Waals surface area contributed by atoms with Gasteiger partial charge in [0, 0.05) is 18.2 Å². The molecule has 0 heterocycles. The quantitative estimate of drug-likeness (QED) is 0.875. The number of rotatable bonds is 5. The van der Waals surface area contributed by atoms with E-state index >= 15 is 0 Å². The number of nitrogens with one attached hydrogen (secondary N) is 1. The molecule has 3 atom stereocenters. The van der Waals surface area contributed by atoms with Gasteiger partial charge in [-0.2, -0.15) is 0 Å². The van der Waals surface area contributed by atoms with Gasteiger partial charge in [-0.05, 0) is 31.2 Å². The fourth-order valence-corrected chi connectivity index (χ4v) is 2.39. The van der Waals surface area contributed by atoms with Crippen LogP contribution in [0.1, 0.15) is 12.0 Å². The fourth-order valence-electron chi connectivity index (χ4n) is 2.17. The summed E-state index contributed by atoms with van der Waals surface area (Å²) in [6.07, 6.45) is 1.32. The number of hydrogen-bond donors (Lipinski definition) is 1. The second kappa shape index (κ2) is 5.83. The normalized spacial score (nSPS) is 27.8. The molecule has 0 bridgehead atoms. The Bertz CT molecular complexity index is 372. The van der Waals surface area contributed by atoms with E-state index in [0.29, 0.717) is 12.6 Å². The molecule has 2 rings (SSSR count). The molecule has 0 spiro atoms. The predicted molar refractivity (Wildman–Crippen MR) is 68.3 cm³/mol. The summed E-state index contributed by atoms with van der Waals surface area (Å²) in [6.45, 7) is 0.585. The molecule has 1 fully saturated rings. The Balaban J connectivity index is 1.83. The summed E-state index contributed by atoms with van der Waals surface area (Å²) in [7, 11) is 3.67. The van der Waals surface area contributed by atoms with E-state index in [9.17, 15) is 0 Å². The molecule has 0 aromatic heterocycles. The van der Waals surface area contributed by atoms with Crippen molar-refractivity contribution in [3.63, 3.8) is 0 Å². The van der Waals surface area contributed by atoms with Gasteiger partial charge >= 0.3 is 0 Å². The van der Waals surface area contributed by atoms with Crippen LogP contribution in [0.2, 0.25) is 5.02 Å². The molecule has 1 aliphatic carbocycles. The Hall–Kier alpha value is -0.610. The topological polar surface area (TPSA) is 30.5 Å². The molecule has 3 unspecified atom stereocenters. The number of ether oxygens (including phenoxy) is 2. The smallest absolute Gasteiger partial charge is 0.0986 e. The highest BCUT2D eigenvalue weighted by molar-refractivity contribution is 6.30. The lowest BCUT2D eigenvalue weighted by atomic mass is 9.85. The molecule has 1 aromatic rings. The SMILES string of the molecule is CNC1CC(OCc2cccc(Cl)c2)C1OC. The summed E-state index contributed by atoms with van der Waals surface area (Å²) >= 11 is 5.92. The Morgan fingerprint density at radius 3 is 2.94 bits per heavy atom. The zero-order valence-corrected chi connectivity index (χ0v) is 10.9. The molecule has 0 radical (unpaired) electrons. The summed E-state index contributed by atoms with van der Waals surface area (Å²) in [5, 5.41) is 3.96. The van der Waals surface area contributed by atoms with Crippen LogP contribution < -0.4 is 5.32 Å². The van der Waals surface area contributed by atoms with E-state index in [1.807, 2.05) is 31.3 Å². The number of hydrogen-bond acceptors (Lipinski definition) is 3. The molecule has 0 saturated heterocycles. The summed E-state index contributed by atoms with van der Waals surface area (Å²) in [5.41, 5.74) is 1.10. The van der Waals surface area contributed by atoms with Gasteiger partial charge in [0.2, 0.25) is 0 Å². The summed E-state index contributed by atoms with van der Waals surface area (Å²) in [5.74, 6) is 0. The third-order valence-electron chi connectivity index (χ3n) is 3.25. The molecule has 17 heavy (non-hydrogen) atoms. The molecule has 1 saturated carbocycles. The summed E-state index contributed by atoms with van der Waals surface area (Å²) < 4.78 is 11.2. The Labute approximate surface area is 107 Å². The number of benzene rings is 1. The predicted octanol–water partition coefficient (Wildman–Crippen LogP) is 2.23. The molecule has 1 aromatic carbocycles. The lowest BCUT2D eigenvalue weighted by Gasteiger charge is -2.43. The molecule has 3 nitrogen and oxygen atoms in total. The third-order valence-corrected chi connectivity index (χ3v) is 3.48. The van der Waals surface area contributed by atoms with Crippen LogP contribution in [0.5, 0.6) is 0 Å². The highest BCUT2D eigenvalue weighted by Gasteiger charge is 2.41. The molecule has 0 aliphatic heterocycles. The minimum absolute atomic E-state index is 0.152. The van der Waals surface area contributed by atoms with Gasteiger partial charge in [0.05, 0.1) is 18.8 Å². The number of likely N-dealkylation sites (N-methyl/N-ethyl adjacent to an activating group) is 1. The lowest BCUT2D eigenvalue weighted by Crippen LogP contribution is -2.58. The van der Waals surface area contributed by atoms with Gasteiger partial charge in [-0.1, -0.05) is 23.7 Å². The van der Waals surface area contributed by atoms with E-state index in [1.165, 1.54) is 0 Å². The Kier molecular flexibility index (Phi) is 4.40. The van der Waals surface area contributed by atoms with Crippen molar-refractivity contribution in [2.45, 2.75) is 31.3 Å². The highest BCUT2D eigenvalue weighted by atomic mass is 35.5. The molecule has 94 valence electrons. The van der Waals surface area contributed by atoms with E-state index in [1.54, 1.807) is 7.11 Å². The van der Waals surface area contributed by atoms with Crippen molar-refractivity contribution in [2.24, 2.45) is 0 Å². The van der Waals surface area contributed by atoms with Crippen LogP contribution in [0.3, 0.4) is 0 Å². The molecule has 1 aliphatic rings. The third kappa shape index (κ3) is 2.99. The highest BCUT2D eigenvalue weighted by Crippen LogP contribution is 2.27. The van der Waals surface area contributed by atoms with Crippen molar-refractivity contribution >= 4 is 11.6 Å². The standard InChI is InChI=1S/C13H18ClNO2/c1-15-11-7-12(13(11)16-2)17-8-9-4-3-5-10(14)6-9/h3-6,11-13,15H,7-8H2,1-2H3.